The molecule has 1 fully saturated rings. The average Bonchev–Trinajstić information content (AvgIpc) is 3.14. The lowest BCUT2D eigenvalue weighted by atomic mass is 9.62. The Morgan fingerprint density at radius 1 is 1.20 bits per heavy atom. The van der Waals surface area contributed by atoms with E-state index in [2.05, 4.69) is 10.6 Å². The third kappa shape index (κ3) is 4.35. The second-order valence-electron chi connectivity index (χ2n) is 8.39. The van der Waals surface area contributed by atoms with Crippen LogP contribution in [0.3, 0.4) is 0 Å². The smallest absolute Gasteiger partial charge is 0.349 e. The summed E-state index contributed by atoms with van der Waals surface area (Å²) >= 11 is 5.71. The number of piperidine rings is 1. The normalized spacial score (nSPS) is 23.0. The molecule has 0 saturated carbocycles. The molecule has 7 nitrogen and oxygen atoms in total. The van der Waals surface area contributed by atoms with Gasteiger partial charge in [0.1, 0.15) is 15.7 Å². The van der Waals surface area contributed by atoms with Crippen LogP contribution in [0.1, 0.15) is 39.4 Å². The molecule has 172 valence electrons. The summed E-state index contributed by atoms with van der Waals surface area (Å²) in [6, 6.07) is 8.78. The van der Waals surface area contributed by atoms with Crippen molar-refractivity contribution in [2.24, 2.45) is 0 Å². The highest BCUT2D eigenvalue weighted by Gasteiger charge is 2.49. The van der Waals surface area contributed by atoms with Gasteiger partial charge < -0.3 is 10.2 Å². The number of amides is 4. The first kappa shape index (κ1) is 25.0. The van der Waals surface area contributed by atoms with Crippen LogP contribution in [0.25, 0.3) is 0 Å². The molecule has 2 aromatic carbocycles. The second kappa shape index (κ2) is 8.82. The number of carbonyl (C=O) groups is 4. The van der Waals surface area contributed by atoms with Gasteiger partial charge in [0, 0.05) is 34.5 Å². The van der Waals surface area contributed by atoms with Gasteiger partial charge in [-0.2, -0.15) is 8.78 Å². The van der Waals surface area contributed by atoms with Gasteiger partial charge >= 0.3 is 5.92 Å². The predicted molar refractivity (Wildman–Crippen MR) is 124 cm³/mol. The minimum Gasteiger partial charge on any atom is -0.352 e. The molecule has 0 aromatic heterocycles. The third-order valence-corrected chi connectivity index (χ3v) is 6.30. The minimum atomic E-state index is -3.87. The summed E-state index contributed by atoms with van der Waals surface area (Å²) in [7, 11) is 17.9. The summed E-state index contributed by atoms with van der Waals surface area (Å²) in [5.74, 6) is -10.0. The zero-order valence-corrected chi connectivity index (χ0v) is 18.8. The van der Waals surface area contributed by atoms with Crippen LogP contribution in [0.4, 0.5) is 8.78 Å². The van der Waals surface area contributed by atoms with Gasteiger partial charge in [-0.15, -0.1) is 0 Å². The van der Waals surface area contributed by atoms with Gasteiger partial charge in [-0.05, 0) is 35.7 Å². The largest absolute Gasteiger partial charge is 0.352 e. The van der Waals surface area contributed by atoms with Crippen molar-refractivity contribution in [2.45, 2.75) is 36.1 Å². The summed E-state index contributed by atoms with van der Waals surface area (Å²) in [6.45, 7) is -0.117. The van der Waals surface area contributed by atoms with Crippen LogP contribution in [0.2, 0.25) is 10.8 Å². The molecule has 35 heavy (non-hydrogen) atoms. The maximum Gasteiger partial charge on any atom is 0.349 e. The number of carbonyl (C=O) groups excluding carboxylic acids is 4. The quantitative estimate of drug-likeness (QED) is 0.486. The third-order valence-electron chi connectivity index (χ3n) is 6.05. The molecule has 6 radical (unpaired) electrons. The zero-order chi connectivity index (χ0) is 25.7. The lowest BCUT2D eigenvalue weighted by Gasteiger charge is -2.42. The number of rotatable bonds is 5. The van der Waals surface area contributed by atoms with Crippen molar-refractivity contribution in [1.82, 2.24) is 15.5 Å². The second-order valence-corrected chi connectivity index (χ2v) is 8.83. The van der Waals surface area contributed by atoms with E-state index < -0.39 is 52.3 Å². The Bertz CT molecular complexity index is 1250. The molecule has 13 heteroatoms. The Morgan fingerprint density at radius 2 is 1.86 bits per heavy atom. The van der Waals surface area contributed by atoms with Crippen LogP contribution in [0.15, 0.2) is 42.5 Å². The maximum absolute atomic E-state index is 14.6. The molecular weight excluding hydrogens is 476 g/mol. The van der Waals surface area contributed by atoms with Gasteiger partial charge in [0.05, 0.1) is 13.3 Å². The number of nitrogens with one attached hydrogen (secondary N) is 2. The number of halogens is 3. The monoisotopic (exact) mass is 491 g/mol. The van der Waals surface area contributed by atoms with E-state index in [1.165, 1.54) is 30.3 Å². The molecule has 2 N–H and O–H groups in total. The summed E-state index contributed by atoms with van der Waals surface area (Å²) in [4.78, 5) is 50.4. The number of imide groups is 1. The first-order valence-corrected chi connectivity index (χ1v) is 10.8. The standard InChI is InChI=1S/C22H15B3ClF2N3O4/c23-15-8-21(25,19(34)30-17(15)32)31-9-11-7-10(1-6-14(11)18(31)33)16(24)29-20(35)22(27,28)12-2-4-13(26)5-3-12/h1-7,15-16H,8-9H2,(H,29,35)(H,30,32,34). The number of fused-ring (bicyclic) bond motifs is 1. The van der Waals surface area contributed by atoms with Gasteiger partial charge in [-0.1, -0.05) is 35.9 Å². The highest BCUT2D eigenvalue weighted by molar-refractivity contribution is 6.36. The molecular formula is C22H15B3ClF2N3O4. The van der Waals surface area contributed by atoms with Gasteiger partial charge in [-0.3, -0.25) is 24.5 Å². The summed E-state index contributed by atoms with van der Waals surface area (Å²) in [6.07, 6.45) is -0.278. The fourth-order valence-electron chi connectivity index (χ4n) is 4.03. The molecule has 4 rings (SSSR count). The first-order chi connectivity index (χ1) is 16.3. The Morgan fingerprint density at radius 3 is 2.51 bits per heavy atom. The Hall–Kier alpha value is -3.14. The molecule has 2 aliphatic rings. The topological polar surface area (TPSA) is 95.6 Å². The van der Waals surface area contributed by atoms with Crippen LogP contribution in [-0.2, 0) is 26.9 Å². The van der Waals surface area contributed by atoms with Crippen LogP contribution in [-0.4, -0.2) is 57.5 Å². The predicted octanol–water partition coefficient (Wildman–Crippen LogP) is 1.24. The van der Waals surface area contributed by atoms with Crippen molar-refractivity contribution in [3.05, 3.63) is 69.7 Å². The molecule has 0 spiro atoms. The van der Waals surface area contributed by atoms with Crippen LogP contribution < -0.4 is 10.6 Å². The van der Waals surface area contributed by atoms with Crippen molar-refractivity contribution in [3.8, 4) is 0 Å². The fourth-order valence-corrected chi connectivity index (χ4v) is 4.15. The number of hydrogen-bond donors (Lipinski definition) is 2. The van der Waals surface area contributed by atoms with Gasteiger partial charge in [-0.25, -0.2) is 0 Å². The van der Waals surface area contributed by atoms with Crippen molar-refractivity contribution in [3.63, 3.8) is 0 Å². The summed E-state index contributed by atoms with van der Waals surface area (Å²) in [5.41, 5.74) is -1.56. The number of nitrogens with zero attached hydrogens (tertiary/aromatic N) is 1. The molecule has 0 bridgehead atoms. The van der Waals surface area contributed by atoms with E-state index in [0.29, 0.717) is 5.56 Å². The van der Waals surface area contributed by atoms with Crippen molar-refractivity contribution >= 4 is 58.8 Å². The van der Waals surface area contributed by atoms with Gasteiger partial charge in [0.2, 0.25) is 11.8 Å². The average molecular weight is 491 g/mol. The Kier molecular flexibility index (Phi) is 6.29. The van der Waals surface area contributed by atoms with E-state index in [4.69, 9.17) is 35.1 Å². The molecule has 4 amide bonds. The molecule has 2 aromatic rings. The fraction of sp³-hybridized carbons (Fsp3) is 0.273. The molecule has 0 aliphatic carbocycles. The van der Waals surface area contributed by atoms with Gasteiger partial charge in [0.25, 0.3) is 11.8 Å². The summed E-state index contributed by atoms with van der Waals surface area (Å²) < 4.78 is 29.2. The lowest BCUT2D eigenvalue weighted by Crippen LogP contribution is -2.64. The van der Waals surface area contributed by atoms with E-state index in [1.807, 2.05) is 0 Å². The Labute approximate surface area is 208 Å². The van der Waals surface area contributed by atoms with Crippen molar-refractivity contribution < 1.29 is 28.0 Å². The van der Waals surface area contributed by atoms with Crippen LogP contribution in [0, 0.1) is 0 Å². The molecule has 2 aliphatic heterocycles. The van der Waals surface area contributed by atoms with E-state index >= 15 is 0 Å². The zero-order valence-electron chi connectivity index (χ0n) is 18.1. The Balaban J connectivity index is 1.52. The van der Waals surface area contributed by atoms with E-state index in [9.17, 15) is 28.0 Å². The number of hydrogen-bond acceptors (Lipinski definition) is 4. The minimum absolute atomic E-state index is 0.117. The molecule has 2 heterocycles. The SMILES string of the molecule is [B]C1CC([B])(N2Cc3cc(C([B])NC(=O)C(F)(F)c4ccc(Cl)cc4)ccc3C2=O)C(=O)NC1=O. The highest BCUT2D eigenvalue weighted by Crippen LogP contribution is 2.36. The molecule has 1 saturated heterocycles. The summed E-state index contributed by atoms with van der Waals surface area (Å²) in [5, 5.41) is 4.36. The maximum atomic E-state index is 14.6. The van der Waals surface area contributed by atoms with E-state index in [1.54, 1.807) is 0 Å². The van der Waals surface area contributed by atoms with E-state index in [-0.39, 0.29) is 29.1 Å². The van der Waals surface area contributed by atoms with Crippen molar-refractivity contribution in [2.75, 3.05) is 0 Å². The van der Waals surface area contributed by atoms with Gasteiger partial charge in [0.15, 0.2) is 0 Å². The van der Waals surface area contributed by atoms with E-state index in [0.717, 1.165) is 17.0 Å². The van der Waals surface area contributed by atoms with Crippen LogP contribution >= 0.6 is 11.6 Å². The first-order valence-electron chi connectivity index (χ1n) is 10.4. The highest BCUT2D eigenvalue weighted by atomic mass is 35.5. The molecule has 3 unspecified atom stereocenters. The molecule has 3 atom stereocenters. The van der Waals surface area contributed by atoms with Crippen molar-refractivity contribution in [1.29, 1.82) is 0 Å². The lowest BCUT2D eigenvalue weighted by molar-refractivity contribution is -0.147. The van der Waals surface area contributed by atoms with Crippen LogP contribution in [0.5, 0.6) is 0 Å². The number of benzene rings is 2. The number of alkyl halides is 2.